The lowest BCUT2D eigenvalue weighted by Crippen LogP contribution is -2.44. The minimum absolute atomic E-state index is 0. The summed E-state index contributed by atoms with van der Waals surface area (Å²) in [6.07, 6.45) is 1.04. The van der Waals surface area contributed by atoms with Crippen LogP contribution in [0.25, 0.3) is 0 Å². The van der Waals surface area contributed by atoms with Crippen LogP contribution in [-0.4, -0.2) is 42.9 Å². The second-order valence-electron chi connectivity index (χ2n) is 7.18. The van der Waals surface area contributed by atoms with Gasteiger partial charge in [0.05, 0.1) is 6.54 Å². The molecule has 0 atom stereocenters. The lowest BCUT2D eigenvalue weighted by Gasteiger charge is -2.31. The average molecular weight is 458 g/mol. The number of carbonyl (C=O) groups excluding carboxylic acids is 1. The van der Waals surface area contributed by atoms with Crippen LogP contribution in [0.15, 0.2) is 29.3 Å². The number of hydrogen-bond acceptors (Lipinski definition) is 2. The highest BCUT2D eigenvalue weighted by Gasteiger charge is 2.21. The van der Waals surface area contributed by atoms with Crippen molar-refractivity contribution in [1.82, 2.24) is 15.5 Å². The summed E-state index contributed by atoms with van der Waals surface area (Å²) in [5.74, 6) is 0.992. The molecule has 1 amide bonds. The van der Waals surface area contributed by atoms with Gasteiger partial charge in [0.15, 0.2) is 5.96 Å². The zero-order valence-corrected chi connectivity index (χ0v) is 18.1. The Morgan fingerprint density at radius 2 is 1.88 bits per heavy atom. The van der Waals surface area contributed by atoms with E-state index in [-0.39, 0.29) is 35.3 Å². The highest BCUT2D eigenvalue weighted by atomic mass is 127. The first-order chi connectivity index (χ1) is 11.4. The van der Waals surface area contributed by atoms with Crippen LogP contribution in [0, 0.1) is 5.41 Å². The summed E-state index contributed by atoms with van der Waals surface area (Å²) in [5, 5.41) is 6.31. The summed E-state index contributed by atoms with van der Waals surface area (Å²) in [4.78, 5) is 18.9. The number of guanidine groups is 1. The van der Waals surface area contributed by atoms with Crippen molar-refractivity contribution in [2.45, 2.75) is 40.7 Å². The van der Waals surface area contributed by atoms with Gasteiger partial charge >= 0.3 is 0 Å². The molecule has 1 heterocycles. The van der Waals surface area contributed by atoms with Crippen molar-refractivity contribution in [2.75, 3.05) is 26.2 Å². The fourth-order valence-corrected chi connectivity index (χ4v) is 2.70. The smallest absolute Gasteiger partial charge is 0.225 e. The van der Waals surface area contributed by atoms with Gasteiger partial charge in [-0.25, -0.2) is 0 Å². The normalized spacial score (nSPS) is 14.4. The van der Waals surface area contributed by atoms with Gasteiger partial charge in [-0.3, -0.25) is 9.79 Å². The van der Waals surface area contributed by atoms with Gasteiger partial charge in [0.25, 0.3) is 0 Å². The first kappa shape index (κ1) is 21.7. The van der Waals surface area contributed by atoms with Crippen molar-refractivity contribution in [3.05, 3.63) is 35.4 Å². The van der Waals surface area contributed by atoms with E-state index < -0.39 is 0 Å². The number of benzene rings is 1. The maximum atomic E-state index is 11.9. The number of hydrogen-bond donors (Lipinski definition) is 2. The summed E-state index contributed by atoms with van der Waals surface area (Å²) >= 11 is 0. The molecule has 1 aromatic rings. The van der Waals surface area contributed by atoms with E-state index in [1.165, 1.54) is 11.1 Å². The maximum Gasteiger partial charge on any atom is 0.225 e. The molecule has 6 heteroatoms. The number of rotatable bonds is 4. The Morgan fingerprint density at radius 1 is 1.20 bits per heavy atom. The maximum absolute atomic E-state index is 11.9. The van der Waals surface area contributed by atoms with Crippen LogP contribution in [0.4, 0.5) is 0 Å². The highest BCUT2D eigenvalue weighted by Crippen LogP contribution is 2.18. The number of fused-ring (bicyclic) bond motifs is 1. The molecule has 0 saturated heterocycles. The van der Waals surface area contributed by atoms with Crippen LogP contribution in [0.1, 0.15) is 38.8 Å². The van der Waals surface area contributed by atoms with Crippen molar-refractivity contribution in [1.29, 1.82) is 0 Å². The number of carbonyl (C=O) groups is 1. The molecule has 0 aliphatic carbocycles. The predicted molar refractivity (Wildman–Crippen MR) is 114 cm³/mol. The van der Waals surface area contributed by atoms with Gasteiger partial charge in [0.2, 0.25) is 5.91 Å². The van der Waals surface area contributed by atoms with Crippen molar-refractivity contribution in [3.8, 4) is 0 Å². The molecule has 2 N–H and O–H groups in total. The fourth-order valence-electron chi connectivity index (χ4n) is 2.70. The Balaban J connectivity index is 0.00000312. The van der Waals surface area contributed by atoms with E-state index in [0.717, 1.165) is 32.0 Å². The largest absolute Gasteiger partial charge is 0.357 e. The van der Waals surface area contributed by atoms with Gasteiger partial charge in [-0.1, -0.05) is 45.0 Å². The fraction of sp³-hybridized carbons (Fsp3) is 0.579. The van der Waals surface area contributed by atoms with E-state index in [2.05, 4.69) is 51.7 Å². The van der Waals surface area contributed by atoms with Gasteiger partial charge in [-0.05, 0) is 24.5 Å². The van der Waals surface area contributed by atoms with Gasteiger partial charge in [-0.15, -0.1) is 24.0 Å². The summed E-state index contributed by atoms with van der Waals surface area (Å²) < 4.78 is 0. The molecule has 2 rings (SSSR count). The average Bonchev–Trinajstić information content (AvgIpc) is 2.56. The van der Waals surface area contributed by atoms with Crippen molar-refractivity contribution in [2.24, 2.45) is 10.4 Å². The molecule has 140 valence electrons. The molecule has 1 aromatic carbocycles. The standard InChI is InChI=1S/C19H30N4O.HI/c1-5-20-18(22-12-11-21-17(24)19(2,3)4)23-13-10-15-8-6-7-9-16(15)14-23;/h6-9H,5,10-14H2,1-4H3,(H,20,22)(H,21,24);1H. The third-order valence-electron chi connectivity index (χ3n) is 4.11. The minimum atomic E-state index is -0.356. The van der Waals surface area contributed by atoms with Gasteiger partial charge in [0.1, 0.15) is 0 Å². The molecular formula is C19H31IN4O. The summed E-state index contributed by atoms with van der Waals surface area (Å²) in [5.41, 5.74) is 2.45. The quantitative estimate of drug-likeness (QED) is 0.316. The Hall–Kier alpha value is -1.31. The summed E-state index contributed by atoms with van der Waals surface area (Å²) in [7, 11) is 0. The third kappa shape index (κ3) is 6.49. The number of nitrogens with zero attached hydrogens (tertiary/aromatic N) is 2. The summed E-state index contributed by atoms with van der Waals surface area (Å²) in [6, 6.07) is 8.59. The van der Waals surface area contributed by atoms with Crippen LogP contribution in [-0.2, 0) is 17.8 Å². The van der Waals surface area contributed by atoms with E-state index in [1.807, 2.05) is 20.8 Å². The molecule has 25 heavy (non-hydrogen) atoms. The first-order valence-corrected chi connectivity index (χ1v) is 8.80. The molecule has 0 fully saturated rings. The van der Waals surface area contributed by atoms with Crippen molar-refractivity contribution >= 4 is 35.8 Å². The molecule has 0 saturated carbocycles. The zero-order valence-electron chi connectivity index (χ0n) is 15.8. The van der Waals surface area contributed by atoms with Crippen LogP contribution in [0.3, 0.4) is 0 Å². The van der Waals surface area contributed by atoms with E-state index in [1.54, 1.807) is 0 Å². The molecule has 5 nitrogen and oxygen atoms in total. The molecule has 0 spiro atoms. The van der Waals surface area contributed by atoms with Gasteiger partial charge in [-0.2, -0.15) is 0 Å². The van der Waals surface area contributed by atoms with Gasteiger partial charge in [0, 0.05) is 31.6 Å². The Labute approximate surface area is 168 Å². The second-order valence-corrected chi connectivity index (χ2v) is 7.18. The second kappa shape index (κ2) is 9.99. The minimum Gasteiger partial charge on any atom is -0.357 e. The van der Waals surface area contributed by atoms with Crippen LogP contribution < -0.4 is 10.6 Å². The molecule has 0 radical (unpaired) electrons. The van der Waals surface area contributed by atoms with Crippen LogP contribution in [0.2, 0.25) is 0 Å². The van der Waals surface area contributed by atoms with E-state index >= 15 is 0 Å². The third-order valence-corrected chi connectivity index (χ3v) is 4.11. The molecule has 1 aliphatic heterocycles. The van der Waals surface area contributed by atoms with Gasteiger partial charge < -0.3 is 15.5 Å². The highest BCUT2D eigenvalue weighted by molar-refractivity contribution is 14.0. The van der Waals surface area contributed by atoms with E-state index in [4.69, 9.17) is 0 Å². The predicted octanol–water partition coefficient (Wildman–Crippen LogP) is 2.79. The van der Waals surface area contributed by atoms with Crippen LogP contribution >= 0.6 is 24.0 Å². The zero-order chi connectivity index (χ0) is 17.6. The lowest BCUT2D eigenvalue weighted by atomic mass is 9.96. The van der Waals surface area contributed by atoms with Crippen molar-refractivity contribution in [3.63, 3.8) is 0 Å². The molecule has 0 bridgehead atoms. The topological polar surface area (TPSA) is 56.7 Å². The lowest BCUT2D eigenvalue weighted by molar-refractivity contribution is -0.128. The Morgan fingerprint density at radius 3 is 2.52 bits per heavy atom. The number of nitrogens with one attached hydrogen (secondary N) is 2. The SMILES string of the molecule is CCNC(=NCCNC(=O)C(C)(C)C)N1CCc2ccccc2C1.I. The van der Waals surface area contributed by atoms with Crippen LogP contribution in [0.5, 0.6) is 0 Å². The number of amides is 1. The Bertz CT molecular complexity index is 595. The van der Waals surface area contributed by atoms with E-state index in [0.29, 0.717) is 13.1 Å². The number of aliphatic imine (C=N–C) groups is 1. The van der Waals surface area contributed by atoms with E-state index in [9.17, 15) is 4.79 Å². The molecular weight excluding hydrogens is 427 g/mol. The number of halogens is 1. The van der Waals surface area contributed by atoms with Crippen molar-refractivity contribution < 1.29 is 4.79 Å². The molecule has 0 aromatic heterocycles. The monoisotopic (exact) mass is 458 g/mol. The first-order valence-electron chi connectivity index (χ1n) is 8.80. The molecule has 1 aliphatic rings. The molecule has 0 unspecified atom stereocenters. The summed E-state index contributed by atoms with van der Waals surface area (Å²) in [6.45, 7) is 11.7. The Kier molecular flexibility index (Phi) is 8.68.